The number of nitrogens with one attached hydrogen (secondary N) is 2. The number of carbonyl (C=O) groups excluding carboxylic acids is 1. The molecule has 0 bridgehead atoms. The number of aryl methyl sites for hydroxylation is 4. The Balaban J connectivity index is 2.12. The van der Waals surface area contributed by atoms with E-state index < -0.39 is 6.04 Å². The molecule has 130 valence electrons. The Labute approximate surface area is 150 Å². The maximum absolute atomic E-state index is 12.6. The molecule has 24 heavy (non-hydrogen) atoms. The van der Waals surface area contributed by atoms with Crippen LogP contribution in [0, 0.1) is 27.7 Å². The summed E-state index contributed by atoms with van der Waals surface area (Å²) in [4.78, 5) is 26.9. The molecule has 0 fully saturated rings. The fourth-order valence-corrected chi connectivity index (χ4v) is 3.46. The number of nitrogens with zero attached hydrogens (tertiary/aromatic N) is 3. The van der Waals surface area contributed by atoms with E-state index in [1.165, 1.54) is 11.3 Å². The first-order chi connectivity index (χ1) is 11.4. The summed E-state index contributed by atoms with van der Waals surface area (Å²) in [5.41, 5.74) is 2.70. The Morgan fingerprint density at radius 2 is 1.88 bits per heavy atom. The number of hydrogen-bond donors (Lipinski definition) is 2. The van der Waals surface area contributed by atoms with Gasteiger partial charge in [0.05, 0.1) is 5.69 Å². The van der Waals surface area contributed by atoms with Gasteiger partial charge in [-0.2, -0.15) is 11.8 Å². The Bertz CT molecular complexity index is 677. The number of aromatic nitrogens is 3. The molecule has 0 aliphatic carbocycles. The molecule has 2 aromatic heterocycles. The van der Waals surface area contributed by atoms with E-state index in [-0.39, 0.29) is 5.91 Å². The lowest BCUT2D eigenvalue weighted by molar-refractivity contribution is -0.116. The van der Waals surface area contributed by atoms with Crippen molar-refractivity contribution < 1.29 is 4.79 Å². The van der Waals surface area contributed by atoms with Crippen LogP contribution in [-0.4, -0.2) is 38.9 Å². The molecule has 2 rings (SSSR count). The van der Waals surface area contributed by atoms with Gasteiger partial charge >= 0.3 is 0 Å². The van der Waals surface area contributed by atoms with Crippen LogP contribution in [0.2, 0.25) is 0 Å². The number of carbonyl (C=O) groups is 1. The standard InChI is InChI=1S/C16H23N5OS2/c1-9-8-10(2)18-15(17-9)20-13(6-7-23-5)14(22)21-16-19-11(3)12(4)24-16/h8,13H,6-7H2,1-5H3,(H,17,18,20)(H,19,21,22)/t13-/m0/s1. The minimum atomic E-state index is -0.400. The van der Waals surface area contributed by atoms with Gasteiger partial charge in [-0.05, 0) is 52.2 Å². The van der Waals surface area contributed by atoms with E-state index in [0.717, 1.165) is 27.7 Å². The number of amides is 1. The summed E-state index contributed by atoms with van der Waals surface area (Å²) < 4.78 is 0. The second-order valence-electron chi connectivity index (χ2n) is 5.60. The molecule has 0 saturated carbocycles. The topological polar surface area (TPSA) is 79.8 Å². The molecule has 0 aromatic carbocycles. The number of hydrogen-bond acceptors (Lipinski definition) is 7. The smallest absolute Gasteiger partial charge is 0.248 e. The van der Waals surface area contributed by atoms with Gasteiger partial charge in [-0.25, -0.2) is 15.0 Å². The number of anilines is 2. The molecule has 0 spiro atoms. The van der Waals surface area contributed by atoms with Crippen LogP contribution in [0.1, 0.15) is 28.4 Å². The fourth-order valence-electron chi connectivity index (χ4n) is 2.17. The number of thioether (sulfide) groups is 1. The highest BCUT2D eigenvalue weighted by atomic mass is 32.2. The van der Waals surface area contributed by atoms with E-state index in [0.29, 0.717) is 17.5 Å². The third kappa shape index (κ3) is 5.17. The van der Waals surface area contributed by atoms with Gasteiger partial charge in [0.2, 0.25) is 11.9 Å². The zero-order chi connectivity index (χ0) is 17.7. The quantitative estimate of drug-likeness (QED) is 0.783. The van der Waals surface area contributed by atoms with Gasteiger partial charge in [0.25, 0.3) is 0 Å². The normalized spacial score (nSPS) is 12.0. The number of thiazole rings is 1. The van der Waals surface area contributed by atoms with Crippen LogP contribution >= 0.6 is 23.1 Å². The average Bonchev–Trinajstić information content (AvgIpc) is 2.80. The van der Waals surface area contributed by atoms with E-state index in [2.05, 4.69) is 25.6 Å². The van der Waals surface area contributed by atoms with Crippen LogP contribution < -0.4 is 10.6 Å². The van der Waals surface area contributed by atoms with Crippen LogP contribution in [0.5, 0.6) is 0 Å². The summed E-state index contributed by atoms with van der Waals surface area (Å²) in [6, 6.07) is 1.51. The zero-order valence-corrected chi connectivity index (χ0v) is 16.3. The summed E-state index contributed by atoms with van der Waals surface area (Å²) in [7, 11) is 0. The minimum absolute atomic E-state index is 0.111. The van der Waals surface area contributed by atoms with E-state index >= 15 is 0 Å². The predicted molar refractivity (Wildman–Crippen MR) is 102 cm³/mol. The molecule has 1 amide bonds. The first-order valence-corrected chi connectivity index (χ1v) is 9.92. The van der Waals surface area contributed by atoms with E-state index in [1.54, 1.807) is 11.8 Å². The summed E-state index contributed by atoms with van der Waals surface area (Å²) in [5.74, 6) is 1.24. The second-order valence-corrected chi connectivity index (χ2v) is 7.79. The second kappa shape index (κ2) is 8.43. The molecule has 0 aliphatic rings. The minimum Gasteiger partial charge on any atom is -0.342 e. The van der Waals surface area contributed by atoms with E-state index in [1.807, 2.05) is 40.0 Å². The Hall–Kier alpha value is -1.67. The summed E-state index contributed by atoms with van der Waals surface area (Å²) in [6.07, 6.45) is 2.71. The Morgan fingerprint density at radius 3 is 2.42 bits per heavy atom. The largest absolute Gasteiger partial charge is 0.342 e. The van der Waals surface area contributed by atoms with Gasteiger partial charge in [-0.15, -0.1) is 11.3 Å². The molecule has 1 atom stereocenters. The molecule has 2 heterocycles. The van der Waals surface area contributed by atoms with Crippen LogP contribution in [0.4, 0.5) is 11.1 Å². The first-order valence-electron chi connectivity index (χ1n) is 7.71. The summed E-state index contributed by atoms with van der Waals surface area (Å²) >= 11 is 3.19. The Morgan fingerprint density at radius 1 is 1.21 bits per heavy atom. The van der Waals surface area contributed by atoms with Crippen molar-refractivity contribution in [1.82, 2.24) is 15.0 Å². The molecule has 0 aliphatic heterocycles. The van der Waals surface area contributed by atoms with Crippen molar-refractivity contribution in [3.05, 3.63) is 28.0 Å². The monoisotopic (exact) mass is 365 g/mol. The maximum Gasteiger partial charge on any atom is 0.248 e. The first kappa shape index (κ1) is 18.7. The van der Waals surface area contributed by atoms with Gasteiger partial charge in [0, 0.05) is 16.3 Å². The van der Waals surface area contributed by atoms with Crippen molar-refractivity contribution in [3.8, 4) is 0 Å². The van der Waals surface area contributed by atoms with Gasteiger partial charge in [-0.3, -0.25) is 4.79 Å². The third-order valence-electron chi connectivity index (χ3n) is 3.47. The van der Waals surface area contributed by atoms with Crippen LogP contribution in [0.25, 0.3) is 0 Å². The van der Waals surface area contributed by atoms with Crippen LogP contribution in [0.15, 0.2) is 6.07 Å². The van der Waals surface area contributed by atoms with Crippen molar-refractivity contribution in [3.63, 3.8) is 0 Å². The van der Waals surface area contributed by atoms with E-state index in [9.17, 15) is 4.79 Å². The van der Waals surface area contributed by atoms with Crippen molar-refractivity contribution in [2.45, 2.75) is 40.2 Å². The highest BCUT2D eigenvalue weighted by Crippen LogP contribution is 2.21. The van der Waals surface area contributed by atoms with Crippen molar-refractivity contribution in [1.29, 1.82) is 0 Å². The SMILES string of the molecule is CSCC[C@H](Nc1nc(C)cc(C)n1)C(=O)Nc1nc(C)c(C)s1. The van der Waals surface area contributed by atoms with E-state index in [4.69, 9.17) is 0 Å². The van der Waals surface area contributed by atoms with Gasteiger partial charge in [0.1, 0.15) is 6.04 Å². The molecular weight excluding hydrogens is 342 g/mol. The zero-order valence-electron chi connectivity index (χ0n) is 14.6. The van der Waals surface area contributed by atoms with Gasteiger partial charge < -0.3 is 10.6 Å². The van der Waals surface area contributed by atoms with Crippen molar-refractivity contribution in [2.75, 3.05) is 22.6 Å². The lowest BCUT2D eigenvalue weighted by Gasteiger charge is -2.17. The Kier molecular flexibility index (Phi) is 6.56. The molecule has 2 aromatic rings. The van der Waals surface area contributed by atoms with Gasteiger partial charge in [-0.1, -0.05) is 0 Å². The maximum atomic E-state index is 12.6. The predicted octanol–water partition coefficient (Wildman–Crippen LogP) is 3.34. The molecule has 0 unspecified atom stereocenters. The van der Waals surface area contributed by atoms with Crippen LogP contribution in [0.3, 0.4) is 0 Å². The fraction of sp³-hybridized carbons (Fsp3) is 0.500. The van der Waals surface area contributed by atoms with Crippen LogP contribution in [-0.2, 0) is 4.79 Å². The molecule has 6 nitrogen and oxygen atoms in total. The molecule has 8 heteroatoms. The highest BCUT2D eigenvalue weighted by molar-refractivity contribution is 7.98. The van der Waals surface area contributed by atoms with Crippen molar-refractivity contribution in [2.24, 2.45) is 0 Å². The summed E-state index contributed by atoms with van der Waals surface area (Å²) in [6.45, 7) is 7.76. The molecule has 0 radical (unpaired) electrons. The third-order valence-corrected chi connectivity index (χ3v) is 5.10. The number of rotatable bonds is 7. The lowest BCUT2D eigenvalue weighted by atomic mass is 10.2. The molecule has 2 N–H and O–H groups in total. The lowest BCUT2D eigenvalue weighted by Crippen LogP contribution is -2.36. The molecule has 0 saturated heterocycles. The van der Waals surface area contributed by atoms with Crippen molar-refractivity contribution >= 4 is 40.1 Å². The summed E-state index contributed by atoms with van der Waals surface area (Å²) in [5, 5.41) is 6.70. The average molecular weight is 366 g/mol. The highest BCUT2D eigenvalue weighted by Gasteiger charge is 2.21. The molecular formula is C16H23N5OS2. The van der Waals surface area contributed by atoms with Gasteiger partial charge in [0.15, 0.2) is 5.13 Å².